The fraction of sp³-hybridized carbons (Fsp3) is 0.125. The zero-order valence-corrected chi connectivity index (χ0v) is 23.8. The van der Waals surface area contributed by atoms with Crippen molar-refractivity contribution in [3.05, 3.63) is 89.3 Å². The summed E-state index contributed by atoms with van der Waals surface area (Å²) in [5.41, 5.74) is 2.95. The van der Waals surface area contributed by atoms with E-state index in [0.29, 0.717) is 26.9 Å². The summed E-state index contributed by atoms with van der Waals surface area (Å²) in [6.07, 6.45) is 1.40. The number of hydrogen-bond acceptors (Lipinski definition) is 8. The Morgan fingerprint density at radius 3 is 2.30 bits per heavy atom. The molecule has 10 nitrogen and oxygen atoms in total. The number of nitrogens with zero attached hydrogens (tertiary/aromatic N) is 2. The van der Waals surface area contributed by atoms with Gasteiger partial charge in [-0.2, -0.15) is 5.10 Å². The number of ether oxygens (including phenoxy) is 3. The molecular formula is C24H18Br3N3O7. The van der Waals surface area contributed by atoms with Gasteiger partial charge in [-0.1, -0.05) is 15.9 Å². The van der Waals surface area contributed by atoms with E-state index >= 15 is 0 Å². The van der Waals surface area contributed by atoms with Crippen LogP contribution in [-0.4, -0.2) is 36.2 Å². The molecule has 0 aliphatic carbocycles. The molecular weight excluding hydrogens is 682 g/mol. The highest BCUT2D eigenvalue weighted by Gasteiger charge is 2.15. The Morgan fingerprint density at radius 2 is 1.68 bits per heavy atom. The maximum absolute atomic E-state index is 12.5. The quantitative estimate of drug-likeness (QED) is 0.0900. The first-order valence-electron chi connectivity index (χ1n) is 10.5. The molecule has 0 aromatic heterocycles. The lowest BCUT2D eigenvalue weighted by Gasteiger charge is -2.11. The number of esters is 1. The van der Waals surface area contributed by atoms with Crippen molar-refractivity contribution in [2.45, 2.75) is 6.92 Å². The fourth-order valence-electron chi connectivity index (χ4n) is 2.85. The Kier molecular flexibility index (Phi) is 10.2. The van der Waals surface area contributed by atoms with E-state index < -0.39 is 16.8 Å². The SMILES string of the molecule is CCOc1cc(/C=N\NC(=O)COc2c(Br)cc(Br)cc2Br)ccc1OC(=O)c1ccc([N+](=O)[O-])cc1. The molecule has 0 heterocycles. The first-order chi connectivity index (χ1) is 17.7. The first kappa shape index (κ1) is 28.3. The summed E-state index contributed by atoms with van der Waals surface area (Å²) < 4.78 is 18.7. The maximum Gasteiger partial charge on any atom is 0.343 e. The minimum absolute atomic E-state index is 0.136. The van der Waals surface area contributed by atoms with Crippen molar-refractivity contribution in [2.75, 3.05) is 13.2 Å². The molecule has 37 heavy (non-hydrogen) atoms. The minimum Gasteiger partial charge on any atom is -0.490 e. The highest BCUT2D eigenvalue weighted by molar-refractivity contribution is 9.11. The van der Waals surface area contributed by atoms with Gasteiger partial charge in [0.15, 0.2) is 18.1 Å². The van der Waals surface area contributed by atoms with Crippen LogP contribution in [0.4, 0.5) is 5.69 Å². The van der Waals surface area contributed by atoms with Crippen molar-refractivity contribution in [1.29, 1.82) is 0 Å². The van der Waals surface area contributed by atoms with Crippen LogP contribution in [0.15, 0.2) is 73.1 Å². The number of hydrogen-bond donors (Lipinski definition) is 1. The zero-order valence-electron chi connectivity index (χ0n) is 19.1. The van der Waals surface area contributed by atoms with E-state index in [9.17, 15) is 19.7 Å². The number of nitro benzene ring substituents is 1. The molecule has 0 unspecified atom stereocenters. The average Bonchev–Trinajstić information content (AvgIpc) is 2.85. The van der Waals surface area contributed by atoms with Gasteiger partial charge in [-0.25, -0.2) is 10.2 Å². The van der Waals surface area contributed by atoms with Crippen LogP contribution in [0.25, 0.3) is 0 Å². The summed E-state index contributed by atoms with van der Waals surface area (Å²) in [4.78, 5) is 34.8. The number of rotatable bonds is 10. The van der Waals surface area contributed by atoms with Gasteiger partial charge in [-0.3, -0.25) is 14.9 Å². The van der Waals surface area contributed by atoms with Gasteiger partial charge in [0.2, 0.25) is 0 Å². The number of hydrazone groups is 1. The summed E-state index contributed by atoms with van der Waals surface area (Å²) in [5, 5.41) is 14.7. The molecule has 0 aliphatic rings. The molecule has 1 N–H and O–H groups in total. The Bertz CT molecular complexity index is 1320. The van der Waals surface area contributed by atoms with E-state index in [0.717, 1.165) is 4.47 Å². The largest absolute Gasteiger partial charge is 0.490 e. The highest BCUT2D eigenvalue weighted by Crippen LogP contribution is 2.36. The highest BCUT2D eigenvalue weighted by atomic mass is 79.9. The smallest absolute Gasteiger partial charge is 0.343 e. The second kappa shape index (κ2) is 13.3. The van der Waals surface area contributed by atoms with Crippen LogP contribution in [0.2, 0.25) is 0 Å². The second-order valence-corrected chi connectivity index (χ2v) is 9.74. The molecule has 13 heteroatoms. The normalized spacial score (nSPS) is 10.7. The van der Waals surface area contributed by atoms with E-state index in [-0.39, 0.29) is 29.4 Å². The molecule has 0 fully saturated rings. The van der Waals surface area contributed by atoms with Gasteiger partial charge in [0.1, 0.15) is 5.75 Å². The Hall–Kier alpha value is -3.29. The number of non-ortho nitro benzene ring substituents is 1. The van der Waals surface area contributed by atoms with Crippen molar-refractivity contribution in [1.82, 2.24) is 5.43 Å². The van der Waals surface area contributed by atoms with Crippen molar-refractivity contribution >= 4 is 71.6 Å². The number of carbonyl (C=O) groups is 2. The lowest BCUT2D eigenvalue weighted by atomic mass is 10.2. The number of nitro groups is 1. The first-order valence-corrected chi connectivity index (χ1v) is 12.9. The van der Waals surface area contributed by atoms with Gasteiger partial charge < -0.3 is 14.2 Å². The molecule has 192 valence electrons. The molecule has 3 aromatic carbocycles. The van der Waals surface area contributed by atoms with Crippen LogP contribution < -0.4 is 19.6 Å². The second-order valence-electron chi connectivity index (χ2n) is 7.11. The molecule has 0 bridgehead atoms. The summed E-state index contributed by atoms with van der Waals surface area (Å²) in [6.45, 7) is 1.81. The number of benzene rings is 3. The van der Waals surface area contributed by atoms with Crippen molar-refractivity contribution in [3.63, 3.8) is 0 Å². The van der Waals surface area contributed by atoms with Crippen molar-refractivity contribution < 1.29 is 28.7 Å². The van der Waals surface area contributed by atoms with E-state index in [2.05, 4.69) is 58.3 Å². The predicted molar refractivity (Wildman–Crippen MR) is 146 cm³/mol. The monoisotopic (exact) mass is 697 g/mol. The van der Waals surface area contributed by atoms with E-state index in [1.807, 2.05) is 0 Å². The van der Waals surface area contributed by atoms with Gasteiger partial charge in [-0.15, -0.1) is 0 Å². The summed E-state index contributed by atoms with van der Waals surface area (Å²) in [7, 11) is 0. The molecule has 3 rings (SSSR count). The van der Waals surface area contributed by atoms with Crippen molar-refractivity contribution in [3.8, 4) is 17.2 Å². The standard InChI is InChI=1S/C24H18Br3N3O7/c1-2-35-21-9-14(3-8-20(21)37-24(32)15-4-6-17(7-5-15)30(33)34)12-28-29-22(31)13-36-23-18(26)10-16(25)11-19(23)27/h3-12H,2,13H2,1H3,(H,29,31)/b28-12-. The topological polar surface area (TPSA) is 129 Å². The number of carbonyl (C=O) groups excluding carboxylic acids is 2. The van der Waals surface area contributed by atoms with E-state index in [1.54, 1.807) is 31.2 Å². The van der Waals surface area contributed by atoms with Crippen LogP contribution in [0, 0.1) is 10.1 Å². The van der Waals surface area contributed by atoms with Crippen LogP contribution in [-0.2, 0) is 4.79 Å². The average molecular weight is 700 g/mol. The van der Waals surface area contributed by atoms with Gasteiger partial charge in [-0.05, 0) is 86.8 Å². The summed E-state index contributed by atoms with van der Waals surface area (Å²) in [6, 6.07) is 13.4. The van der Waals surface area contributed by atoms with Gasteiger partial charge in [0.05, 0.1) is 32.3 Å². The number of amides is 1. The zero-order chi connectivity index (χ0) is 26.9. The third kappa shape index (κ3) is 8.10. The van der Waals surface area contributed by atoms with E-state index in [4.69, 9.17) is 14.2 Å². The molecule has 0 spiro atoms. The molecule has 0 saturated heterocycles. The number of nitrogens with one attached hydrogen (secondary N) is 1. The van der Waals surface area contributed by atoms with Crippen LogP contribution in [0.1, 0.15) is 22.8 Å². The van der Waals surface area contributed by atoms with E-state index in [1.165, 1.54) is 36.5 Å². The van der Waals surface area contributed by atoms with Crippen LogP contribution in [0.3, 0.4) is 0 Å². The van der Waals surface area contributed by atoms with Crippen LogP contribution >= 0.6 is 47.8 Å². The summed E-state index contributed by atoms with van der Waals surface area (Å²) in [5.74, 6) is -0.264. The Morgan fingerprint density at radius 1 is 1.00 bits per heavy atom. The predicted octanol–water partition coefficient (Wildman–Crippen LogP) is 6.03. The maximum atomic E-state index is 12.5. The molecule has 0 saturated carbocycles. The van der Waals surface area contributed by atoms with Gasteiger partial charge in [0, 0.05) is 16.6 Å². The number of halogens is 3. The van der Waals surface area contributed by atoms with Gasteiger partial charge >= 0.3 is 5.97 Å². The summed E-state index contributed by atoms with van der Waals surface area (Å²) >= 11 is 10.1. The minimum atomic E-state index is -0.700. The molecule has 0 aliphatic heterocycles. The molecule has 1 amide bonds. The third-order valence-electron chi connectivity index (χ3n) is 4.50. The third-order valence-corrected chi connectivity index (χ3v) is 6.13. The molecule has 3 aromatic rings. The Balaban J connectivity index is 1.61. The van der Waals surface area contributed by atoms with Gasteiger partial charge in [0.25, 0.3) is 11.6 Å². The molecule has 0 atom stereocenters. The molecule has 0 radical (unpaired) electrons. The van der Waals surface area contributed by atoms with Crippen LogP contribution in [0.5, 0.6) is 17.2 Å². The fourth-order valence-corrected chi connectivity index (χ4v) is 5.34. The lowest BCUT2D eigenvalue weighted by Crippen LogP contribution is -2.24. The van der Waals surface area contributed by atoms with Crippen molar-refractivity contribution in [2.24, 2.45) is 5.10 Å². The lowest BCUT2D eigenvalue weighted by molar-refractivity contribution is -0.384. The Labute approximate surface area is 236 Å².